The summed E-state index contributed by atoms with van der Waals surface area (Å²) in [4.78, 5) is 41.3. The minimum atomic E-state index is -0.705. The first-order valence-corrected chi connectivity index (χ1v) is 15.6. The number of hydrogen-bond donors (Lipinski definition) is 2. The Hall–Kier alpha value is -3.69. The van der Waals surface area contributed by atoms with E-state index in [1.165, 1.54) is 17.5 Å². The third-order valence-electron chi connectivity index (χ3n) is 8.09. The Kier molecular flexibility index (Phi) is 9.33. The zero-order chi connectivity index (χ0) is 32.5. The monoisotopic (exact) mass is 606 g/mol. The smallest absolute Gasteiger partial charge is 0.414 e. The molecule has 0 bridgehead atoms. The number of alkyl carbamates (subject to hydrolysis) is 2. The molecule has 0 spiro atoms. The number of benzene rings is 1. The number of aliphatic imine (C=N–C) groups is 1. The summed E-state index contributed by atoms with van der Waals surface area (Å²) in [5, 5.41) is 5.15. The highest BCUT2D eigenvalue weighted by Crippen LogP contribution is 2.46. The van der Waals surface area contributed by atoms with Crippen molar-refractivity contribution >= 4 is 24.1 Å². The van der Waals surface area contributed by atoms with Crippen LogP contribution in [0.25, 0.3) is 11.3 Å². The molecular formula is C34H50N6O4. The molecule has 1 aromatic carbocycles. The van der Waals surface area contributed by atoms with Crippen LogP contribution in [0.2, 0.25) is 0 Å². The van der Waals surface area contributed by atoms with Crippen molar-refractivity contribution < 1.29 is 19.1 Å². The second-order valence-electron chi connectivity index (χ2n) is 15.2. The highest BCUT2D eigenvalue weighted by atomic mass is 16.6. The van der Waals surface area contributed by atoms with E-state index in [2.05, 4.69) is 71.4 Å². The Bertz CT molecular complexity index is 1360. The topological polar surface area (TPSA) is 118 Å². The van der Waals surface area contributed by atoms with Gasteiger partial charge in [-0.3, -0.25) is 10.6 Å². The number of fused-ring (bicyclic) bond motifs is 1. The molecule has 240 valence electrons. The zero-order valence-electron chi connectivity index (χ0n) is 28.1. The molecule has 10 nitrogen and oxygen atoms in total. The van der Waals surface area contributed by atoms with Crippen LogP contribution in [0.1, 0.15) is 106 Å². The molecule has 1 saturated heterocycles. The van der Waals surface area contributed by atoms with Crippen LogP contribution in [0.5, 0.6) is 0 Å². The van der Waals surface area contributed by atoms with Gasteiger partial charge in [0.1, 0.15) is 11.2 Å². The van der Waals surface area contributed by atoms with E-state index in [4.69, 9.17) is 14.5 Å². The van der Waals surface area contributed by atoms with Crippen molar-refractivity contribution in [3.63, 3.8) is 0 Å². The molecule has 4 rings (SSSR count). The number of amides is 2. The molecule has 2 aromatic rings. The van der Waals surface area contributed by atoms with Crippen molar-refractivity contribution in [2.45, 2.75) is 123 Å². The van der Waals surface area contributed by atoms with Crippen LogP contribution in [0.15, 0.2) is 35.5 Å². The maximum absolute atomic E-state index is 12.5. The number of nitrogens with one attached hydrogen (secondary N) is 2. The van der Waals surface area contributed by atoms with Crippen LogP contribution in [-0.2, 0) is 20.3 Å². The number of ether oxygens (including phenoxy) is 2. The van der Waals surface area contributed by atoms with Gasteiger partial charge in [-0.05, 0) is 101 Å². The quantitative estimate of drug-likeness (QED) is 0.289. The van der Waals surface area contributed by atoms with Gasteiger partial charge in [0.2, 0.25) is 11.9 Å². The minimum absolute atomic E-state index is 0.00343. The van der Waals surface area contributed by atoms with Gasteiger partial charge < -0.3 is 14.4 Å². The molecule has 10 heteroatoms. The SMILES string of the molecule is CC(C)(C)OC(=O)NC(=NC1CCN(c2nccc(-c3ccc4c(c3)C(C)(C)CCC4(C)C)n2)CC1)NC(=O)OC(C)(C)C. The lowest BCUT2D eigenvalue weighted by atomic mass is 9.63. The van der Waals surface area contributed by atoms with Crippen molar-refractivity contribution in [3.05, 3.63) is 41.6 Å². The van der Waals surface area contributed by atoms with Crippen LogP contribution >= 0.6 is 0 Å². The number of rotatable bonds is 3. The van der Waals surface area contributed by atoms with E-state index in [-0.39, 0.29) is 22.8 Å². The van der Waals surface area contributed by atoms with Gasteiger partial charge in [-0.15, -0.1) is 0 Å². The molecule has 1 fully saturated rings. The first-order chi connectivity index (χ1) is 20.3. The Morgan fingerprint density at radius 3 is 1.95 bits per heavy atom. The number of nitrogens with zero attached hydrogens (tertiary/aromatic N) is 4. The third-order valence-corrected chi connectivity index (χ3v) is 8.09. The lowest BCUT2D eigenvalue weighted by molar-refractivity contribution is 0.0544. The summed E-state index contributed by atoms with van der Waals surface area (Å²) in [6.45, 7) is 21.3. The fraction of sp³-hybridized carbons (Fsp3) is 0.618. The van der Waals surface area contributed by atoms with Crippen LogP contribution < -0.4 is 15.5 Å². The van der Waals surface area contributed by atoms with Gasteiger partial charge >= 0.3 is 12.2 Å². The molecule has 2 aliphatic rings. The molecule has 44 heavy (non-hydrogen) atoms. The van der Waals surface area contributed by atoms with E-state index in [1.54, 1.807) is 41.5 Å². The number of carbonyl (C=O) groups excluding carboxylic acids is 2. The van der Waals surface area contributed by atoms with Gasteiger partial charge in [-0.25, -0.2) is 24.5 Å². The summed E-state index contributed by atoms with van der Waals surface area (Å²) >= 11 is 0. The standard InChI is InChI=1S/C34H50N6O4/c1-31(2,3)43-29(41)38-27(39-30(42)44-32(4,5)6)36-23-14-19-40(20-15-23)28-35-18-13-26(37-28)22-11-12-24-25(21-22)34(9,10)17-16-33(24,7)8/h11-13,18,21,23H,14-17,19-20H2,1-10H3,(H2,36,38,39,41,42). The molecule has 0 radical (unpaired) electrons. The zero-order valence-corrected chi connectivity index (χ0v) is 28.1. The average Bonchev–Trinajstić information content (AvgIpc) is 2.89. The second kappa shape index (κ2) is 12.4. The van der Waals surface area contributed by atoms with E-state index in [0.717, 1.165) is 17.7 Å². The fourth-order valence-electron chi connectivity index (χ4n) is 5.68. The summed E-state index contributed by atoms with van der Waals surface area (Å²) in [7, 11) is 0. The molecule has 2 amide bonds. The summed E-state index contributed by atoms with van der Waals surface area (Å²) in [6.07, 6.45) is 4.12. The third kappa shape index (κ3) is 8.70. The number of anilines is 1. The predicted molar refractivity (Wildman–Crippen MR) is 174 cm³/mol. The molecule has 1 aliphatic carbocycles. The number of hydrogen-bond acceptors (Lipinski definition) is 8. The molecule has 2 N–H and O–H groups in total. The average molecular weight is 607 g/mol. The normalized spacial score (nSPS) is 18.1. The van der Waals surface area contributed by atoms with E-state index >= 15 is 0 Å². The summed E-state index contributed by atoms with van der Waals surface area (Å²) in [5.74, 6) is 0.685. The van der Waals surface area contributed by atoms with Crippen LogP contribution in [-0.4, -0.2) is 58.4 Å². The first-order valence-electron chi connectivity index (χ1n) is 15.6. The lowest BCUT2D eigenvalue weighted by Crippen LogP contribution is -2.48. The fourth-order valence-corrected chi connectivity index (χ4v) is 5.68. The van der Waals surface area contributed by atoms with Crippen molar-refractivity contribution in [3.8, 4) is 11.3 Å². The Labute approximate surface area is 262 Å². The van der Waals surface area contributed by atoms with Crippen molar-refractivity contribution in [1.82, 2.24) is 20.6 Å². The molecular weight excluding hydrogens is 556 g/mol. The van der Waals surface area contributed by atoms with Crippen LogP contribution in [0.3, 0.4) is 0 Å². The van der Waals surface area contributed by atoms with Crippen LogP contribution in [0, 0.1) is 0 Å². The Morgan fingerprint density at radius 1 is 0.864 bits per heavy atom. The first kappa shape index (κ1) is 33.2. The van der Waals surface area contributed by atoms with Crippen molar-refractivity contribution in [2.24, 2.45) is 4.99 Å². The molecule has 0 atom stereocenters. The highest BCUT2D eigenvalue weighted by molar-refractivity contribution is 6.01. The summed E-state index contributed by atoms with van der Waals surface area (Å²) in [5.41, 5.74) is 3.72. The van der Waals surface area contributed by atoms with Gasteiger partial charge in [-0.1, -0.05) is 39.8 Å². The summed E-state index contributed by atoms with van der Waals surface area (Å²) in [6, 6.07) is 8.62. The molecule has 1 aromatic heterocycles. The van der Waals surface area contributed by atoms with Crippen molar-refractivity contribution in [1.29, 1.82) is 0 Å². The van der Waals surface area contributed by atoms with Gasteiger partial charge in [0.25, 0.3) is 0 Å². The second-order valence-corrected chi connectivity index (χ2v) is 15.2. The number of piperidine rings is 1. The van der Waals surface area contributed by atoms with Gasteiger partial charge in [-0.2, -0.15) is 0 Å². The highest BCUT2D eigenvalue weighted by Gasteiger charge is 2.37. The van der Waals surface area contributed by atoms with E-state index in [1.807, 2.05) is 12.3 Å². The number of carbonyl (C=O) groups is 2. The van der Waals surface area contributed by atoms with Gasteiger partial charge in [0.05, 0.1) is 11.7 Å². The number of aromatic nitrogens is 2. The summed E-state index contributed by atoms with van der Waals surface area (Å²) < 4.78 is 10.7. The van der Waals surface area contributed by atoms with Crippen LogP contribution in [0.4, 0.5) is 15.5 Å². The van der Waals surface area contributed by atoms with E-state index in [9.17, 15) is 9.59 Å². The lowest BCUT2D eigenvalue weighted by Gasteiger charge is -2.42. The maximum atomic E-state index is 12.5. The largest absolute Gasteiger partial charge is 0.444 e. The molecule has 0 saturated carbocycles. The van der Waals surface area contributed by atoms with Gasteiger partial charge in [0, 0.05) is 24.8 Å². The molecule has 0 unspecified atom stereocenters. The molecule has 2 heterocycles. The van der Waals surface area contributed by atoms with Gasteiger partial charge in [0.15, 0.2) is 0 Å². The predicted octanol–water partition coefficient (Wildman–Crippen LogP) is 6.87. The van der Waals surface area contributed by atoms with E-state index in [0.29, 0.717) is 31.9 Å². The Morgan fingerprint density at radius 2 is 1.41 bits per heavy atom. The minimum Gasteiger partial charge on any atom is -0.444 e. The van der Waals surface area contributed by atoms with E-state index < -0.39 is 23.4 Å². The maximum Gasteiger partial charge on any atom is 0.414 e. The Balaban J connectivity index is 1.47. The number of guanidine groups is 1. The van der Waals surface area contributed by atoms with Crippen molar-refractivity contribution in [2.75, 3.05) is 18.0 Å². The molecule has 1 aliphatic heterocycles.